The van der Waals surface area contributed by atoms with Gasteiger partial charge in [-0.2, -0.15) is 0 Å². The van der Waals surface area contributed by atoms with Crippen molar-refractivity contribution >= 4 is 48.7 Å². The molecule has 260 valence electrons. The second-order valence-corrected chi connectivity index (χ2v) is 17.5. The van der Waals surface area contributed by atoms with Gasteiger partial charge in [0.2, 0.25) is 7.37 Å². The Morgan fingerprint density at radius 3 is 2.15 bits per heavy atom. The fraction of sp³-hybridized carbons (Fsp3) is 0.559. The molecule has 1 aliphatic rings. The number of carbonyl (C=O) groups is 3. The van der Waals surface area contributed by atoms with Gasteiger partial charge in [-0.05, 0) is 97.1 Å². The van der Waals surface area contributed by atoms with Gasteiger partial charge < -0.3 is 19.1 Å². The van der Waals surface area contributed by atoms with Crippen LogP contribution in [0.5, 0.6) is 0 Å². The number of unbranched alkanes of at least 4 members (excludes halogenated alkanes) is 1. The molecule has 1 N–H and O–H groups in total. The van der Waals surface area contributed by atoms with Crippen LogP contribution in [0.1, 0.15) is 73.3 Å². The monoisotopic (exact) mass is 712 g/mol. The SMILES string of the molecule is CCOP1(=O)CCN(Cc2ccccc2-c2cc(Cl)ccc2Cl)CC1(CCCCN(C(=O)OC(C)(C)C)C(=O)OC(C)(C)C)C(=O)O. The van der Waals surface area contributed by atoms with E-state index in [1.165, 1.54) is 0 Å². The van der Waals surface area contributed by atoms with Crippen LogP contribution in [0.4, 0.5) is 9.59 Å². The van der Waals surface area contributed by atoms with Crippen molar-refractivity contribution in [1.82, 2.24) is 9.80 Å². The van der Waals surface area contributed by atoms with Crippen LogP contribution in [0.15, 0.2) is 42.5 Å². The molecule has 1 heterocycles. The predicted molar refractivity (Wildman–Crippen MR) is 185 cm³/mol. The highest BCUT2D eigenvalue weighted by molar-refractivity contribution is 7.62. The van der Waals surface area contributed by atoms with E-state index in [1.807, 2.05) is 29.2 Å². The summed E-state index contributed by atoms with van der Waals surface area (Å²) in [5.41, 5.74) is 0.836. The number of nitrogens with zero attached hydrogens (tertiary/aromatic N) is 2. The first kappa shape index (κ1) is 38.8. The Labute approximate surface area is 288 Å². The van der Waals surface area contributed by atoms with Gasteiger partial charge in [-0.25, -0.2) is 14.5 Å². The molecule has 2 unspecified atom stereocenters. The number of carbonyl (C=O) groups excluding carboxylic acids is 2. The third-order valence-electron chi connectivity index (χ3n) is 7.66. The quantitative estimate of drug-likeness (QED) is 0.180. The molecule has 1 aliphatic heterocycles. The topological polar surface area (TPSA) is 123 Å². The van der Waals surface area contributed by atoms with Gasteiger partial charge in [0.25, 0.3) is 0 Å². The average molecular weight is 714 g/mol. The van der Waals surface area contributed by atoms with Crippen LogP contribution < -0.4 is 0 Å². The minimum absolute atomic E-state index is 0.00829. The number of carboxylic acid groups (broad SMARTS) is 1. The summed E-state index contributed by atoms with van der Waals surface area (Å²) in [6.45, 7) is 12.6. The zero-order chi connectivity index (χ0) is 35.2. The highest BCUT2D eigenvalue weighted by Gasteiger charge is 2.58. The lowest BCUT2D eigenvalue weighted by molar-refractivity contribution is -0.141. The largest absolute Gasteiger partial charge is 0.480 e. The van der Waals surface area contributed by atoms with Gasteiger partial charge in [0.1, 0.15) is 11.2 Å². The molecule has 2 atom stereocenters. The molecule has 0 aliphatic carbocycles. The molecule has 0 saturated carbocycles. The minimum Gasteiger partial charge on any atom is -0.480 e. The van der Waals surface area contributed by atoms with Crippen molar-refractivity contribution in [3.63, 3.8) is 0 Å². The summed E-state index contributed by atoms with van der Waals surface area (Å²) in [5.74, 6) is -1.21. The molecule has 0 aromatic heterocycles. The highest BCUT2D eigenvalue weighted by Crippen LogP contribution is 2.63. The number of aliphatic carboxylic acids is 1. The first-order valence-corrected chi connectivity index (χ1v) is 18.3. The normalized spacial score (nSPS) is 20.4. The fourth-order valence-electron chi connectivity index (χ4n) is 5.59. The maximum atomic E-state index is 14.3. The molecule has 3 rings (SSSR count). The number of hydrogen-bond acceptors (Lipinski definition) is 8. The lowest BCUT2D eigenvalue weighted by Crippen LogP contribution is -2.54. The molecule has 1 saturated heterocycles. The van der Waals surface area contributed by atoms with Gasteiger partial charge >= 0.3 is 18.2 Å². The van der Waals surface area contributed by atoms with Crippen LogP contribution >= 0.6 is 30.6 Å². The van der Waals surface area contributed by atoms with E-state index in [4.69, 9.17) is 37.2 Å². The van der Waals surface area contributed by atoms with Crippen molar-refractivity contribution < 1.29 is 38.1 Å². The van der Waals surface area contributed by atoms with Gasteiger partial charge in [0, 0.05) is 47.9 Å². The summed E-state index contributed by atoms with van der Waals surface area (Å²) in [6, 6.07) is 12.9. The van der Waals surface area contributed by atoms with Crippen LogP contribution in [0, 0.1) is 0 Å². The number of rotatable bonds is 11. The lowest BCUT2D eigenvalue weighted by atomic mass is 9.97. The number of hydrogen-bond donors (Lipinski definition) is 1. The summed E-state index contributed by atoms with van der Waals surface area (Å²) in [4.78, 5) is 41.9. The summed E-state index contributed by atoms with van der Waals surface area (Å²) < 4.78 is 31.0. The molecular formula is C34H47Cl2N2O8P. The molecule has 2 aromatic carbocycles. The number of benzene rings is 2. The van der Waals surface area contributed by atoms with Crippen molar-refractivity contribution in [1.29, 1.82) is 0 Å². The summed E-state index contributed by atoms with van der Waals surface area (Å²) in [5, 5.41) is 10.1. The smallest absolute Gasteiger partial charge is 0.419 e. The van der Waals surface area contributed by atoms with Crippen molar-refractivity contribution in [2.24, 2.45) is 0 Å². The van der Waals surface area contributed by atoms with Crippen molar-refractivity contribution in [2.45, 2.75) is 90.6 Å². The van der Waals surface area contributed by atoms with Gasteiger partial charge in [-0.1, -0.05) is 47.5 Å². The Kier molecular flexibility index (Phi) is 13.0. The predicted octanol–water partition coefficient (Wildman–Crippen LogP) is 8.96. The van der Waals surface area contributed by atoms with E-state index in [0.717, 1.165) is 21.6 Å². The average Bonchev–Trinajstić information content (AvgIpc) is 2.94. The molecule has 0 spiro atoms. The van der Waals surface area contributed by atoms with Crippen molar-refractivity contribution in [3.05, 3.63) is 58.1 Å². The lowest BCUT2D eigenvalue weighted by Gasteiger charge is -2.45. The molecule has 2 aromatic rings. The molecular weight excluding hydrogens is 666 g/mol. The van der Waals surface area contributed by atoms with E-state index in [0.29, 0.717) is 23.1 Å². The number of carboxylic acids is 1. The van der Waals surface area contributed by atoms with E-state index in [2.05, 4.69) is 0 Å². The van der Waals surface area contributed by atoms with Crippen LogP contribution in [0.2, 0.25) is 10.0 Å². The van der Waals surface area contributed by atoms with Gasteiger partial charge in [-0.15, -0.1) is 0 Å². The van der Waals surface area contributed by atoms with Crippen molar-refractivity contribution in [3.8, 4) is 11.1 Å². The molecule has 1 fully saturated rings. The number of amides is 2. The van der Waals surface area contributed by atoms with Crippen LogP contribution in [-0.4, -0.2) is 81.8 Å². The van der Waals surface area contributed by atoms with Crippen molar-refractivity contribution in [2.75, 3.05) is 32.4 Å². The Hall–Kier alpha value is -2.62. The van der Waals surface area contributed by atoms with E-state index in [-0.39, 0.29) is 45.1 Å². The molecule has 0 radical (unpaired) electrons. The molecule has 47 heavy (non-hydrogen) atoms. The second kappa shape index (κ2) is 15.7. The maximum absolute atomic E-state index is 14.3. The van der Waals surface area contributed by atoms with E-state index in [1.54, 1.807) is 66.7 Å². The molecule has 10 nitrogen and oxygen atoms in total. The molecule has 0 bridgehead atoms. The summed E-state index contributed by atoms with van der Waals surface area (Å²) >= 11 is 12.8. The van der Waals surface area contributed by atoms with Crippen LogP contribution in [-0.2, 0) is 29.9 Å². The standard InChI is InChI=1S/C34H47Cl2N2O8P/c1-8-44-47(43)20-19-37(22-24-13-9-10-14-26(24)27-21-25(35)15-16-28(27)36)23-34(47,29(39)40)17-11-12-18-38(30(41)45-32(2,3)4)31(42)46-33(5,6)7/h9-10,13-16,21H,8,11-12,17-20,22-23H2,1-7H3,(H,39,40). The Morgan fingerprint density at radius 1 is 0.957 bits per heavy atom. The summed E-state index contributed by atoms with van der Waals surface area (Å²) in [6.07, 6.45) is -1.17. The third-order valence-corrected chi connectivity index (χ3v) is 11.6. The molecule has 13 heteroatoms. The zero-order valence-corrected chi connectivity index (χ0v) is 30.7. The second-order valence-electron chi connectivity index (χ2n) is 13.7. The Morgan fingerprint density at radius 2 is 1.57 bits per heavy atom. The number of ether oxygens (including phenoxy) is 2. The van der Waals surface area contributed by atoms with Gasteiger partial charge in [0.05, 0.1) is 6.61 Å². The Bertz CT molecular complexity index is 1460. The van der Waals surface area contributed by atoms with E-state index >= 15 is 0 Å². The maximum Gasteiger partial charge on any atom is 0.419 e. The fourth-order valence-corrected chi connectivity index (χ4v) is 8.95. The first-order chi connectivity index (χ1) is 21.8. The van der Waals surface area contributed by atoms with Gasteiger partial charge in [-0.3, -0.25) is 14.3 Å². The number of imide groups is 1. The summed E-state index contributed by atoms with van der Waals surface area (Å²) in [7, 11) is -3.67. The Balaban J connectivity index is 1.85. The van der Waals surface area contributed by atoms with Gasteiger partial charge in [0.15, 0.2) is 5.16 Å². The van der Waals surface area contributed by atoms with Crippen LogP contribution in [0.3, 0.4) is 0 Å². The van der Waals surface area contributed by atoms with Crippen LogP contribution in [0.25, 0.3) is 11.1 Å². The first-order valence-electron chi connectivity index (χ1n) is 15.8. The zero-order valence-electron chi connectivity index (χ0n) is 28.3. The van der Waals surface area contributed by atoms with E-state index in [9.17, 15) is 24.1 Å². The minimum atomic E-state index is -3.67. The number of halogens is 2. The molecule has 2 amide bonds. The van der Waals surface area contributed by atoms with E-state index < -0.39 is 41.9 Å². The highest BCUT2D eigenvalue weighted by atomic mass is 35.5. The third kappa shape index (κ3) is 10.2.